The van der Waals surface area contributed by atoms with E-state index in [1.807, 2.05) is 18.3 Å². The molecule has 5 nitrogen and oxygen atoms in total. The van der Waals surface area contributed by atoms with Crippen LogP contribution in [-0.4, -0.2) is 15.0 Å². The fraction of sp³-hybridized carbons (Fsp3) is 0.250. The molecule has 3 aromatic rings. The van der Waals surface area contributed by atoms with Gasteiger partial charge in [-0.05, 0) is 48.2 Å². The van der Waals surface area contributed by atoms with E-state index in [0.717, 1.165) is 32.7 Å². The summed E-state index contributed by atoms with van der Waals surface area (Å²) >= 11 is 3.60. The maximum atomic E-state index is 6.40. The number of nitrogens with two attached hydrogens (primary N) is 1. The Morgan fingerprint density at radius 2 is 1.81 bits per heavy atom. The second kappa shape index (κ2) is 5.94. The Hall–Kier alpha value is -2.15. The van der Waals surface area contributed by atoms with Gasteiger partial charge in [-0.15, -0.1) is 0 Å². The number of pyridine rings is 1. The number of benzene rings is 1. The van der Waals surface area contributed by atoms with Crippen molar-refractivity contribution in [2.45, 2.75) is 30.5 Å². The van der Waals surface area contributed by atoms with Gasteiger partial charge in [-0.2, -0.15) is 0 Å². The van der Waals surface area contributed by atoms with E-state index in [-0.39, 0.29) is 6.17 Å². The minimum atomic E-state index is -0.640. The largest absolute Gasteiger partial charge is 0.311 e. The van der Waals surface area contributed by atoms with Gasteiger partial charge in [-0.25, -0.2) is 0 Å². The molecule has 3 heterocycles. The van der Waals surface area contributed by atoms with Gasteiger partial charge in [0.15, 0.2) is 0 Å². The maximum absolute atomic E-state index is 6.40. The van der Waals surface area contributed by atoms with Gasteiger partial charge in [-0.3, -0.25) is 20.3 Å². The molecule has 1 aromatic carbocycles. The van der Waals surface area contributed by atoms with E-state index in [0.29, 0.717) is 5.92 Å². The summed E-state index contributed by atoms with van der Waals surface area (Å²) in [4.78, 5) is 13.8. The van der Waals surface area contributed by atoms with Crippen LogP contribution >= 0.6 is 15.9 Å². The SMILES string of the molecule is NC1NC(c2cccc(Br)c2)(c2ccnc(C3CC3)c2)c2nccnc21. The van der Waals surface area contributed by atoms with Gasteiger partial charge in [0, 0.05) is 34.7 Å². The third kappa shape index (κ3) is 2.40. The van der Waals surface area contributed by atoms with E-state index >= 15 is 0 Å². The van der Waals surface area contributed by atoms with Crippen LogP contribution < -0.4 is 11.1 Å². The second-order valence-electron chi connectivity index (χ2n) is 6.92. The molecule has 1 fully saturated rings. The van der Waals surface area contributed by atoms with E-state index in [1.165, 1.54) is 12.8 Å². The first-order valence-corrected chi connectivity index (χ1v) is 9.55. The van der Waals surface area contributed by atoms with Crippen molar-refractivity contribution in [1.29, 1.82) is 0 Å². The van der Waals surface area contributed by atoms with Gasteiger partial charge in [0.2, 0.25) is 0 Å². The highest BCUT2D eigenvalue weighted by Crippen LogP contribution is 2.46. The number of hydrogen-bond acceptors (Lipinski definition) is 5. The van der Waals surface area contributed by atoms with Crippen molar-refractivity contribution in [3.63, 3.8) is 0 Å². The van der Waals surface area contributed by atoms with E-state index in [1.54, 1.807) is 12.4 Å². The van der Waals surface area contributed by atoms with Crippen molar-refractivity contribution in [2.75, 3.05) is 0 Å². The average Bonchev–Trinajstić information content (AvgIpc) is 3.47. The summed E-state index contributed by atoms with van der Waals surface area (Å²) in [6, 6.07) is 12.5. The lowest BCUT2D eigenvalue weighted by Gasteiger charge is -2.32. The summed E-state index contributed by atoms with van der Waals surface area (Å²) in [5.41, 5.74) is 10.7. The monoisotopic (exact) mass is 407 g/mol. The van der Waals surface area contributed by atoms with Crippen LogP contribution in [0.25, 0.3) is 0 Å². The lowest BCUT2D eigenvalue weighted by atomic mass is 9.81. The molecular weight excluding hydrogens is 390 g/mol. The molecule has 0 bridgehead atoms. The Morgan fingerprint density at radius 1 is 1.00 bits per heavy atom. The molecule has 3 N–H and O–H groups in total. The zero-order chi connectivity index (χ0) is 17.7. The van der Waals surface area contributed by atoms with E-state index in [2.05, 4.69) is 55.5 Å². The smallest absolute Gasteiger partial charge is 0.116 e. The standard InChI is InChI=1S/C20H18BrN5/c21-15-3-1-2-13(10-15)20(14-6-7-23-16(11-14)12-4-5-12)18-17(19(22)26-20)24-8-9-25-18/h1-3,6-12,19,26H,4-5,22H2. The predicted octanol–water partition coefficient (Wildman–Crippen LogP) is 3.36. The maximum Gasteiger partial charge on any atom is 0.116 e. The van der Waals surface area contributed by atoms with Crippen LogP contribution in [0.15, 0.2) is 59.5 Å². The number of fused-ring (bicyclic) bond motifs is 1. The van der Waals surface area contributed by atoms with Crippen molar-refractivity contribution < 1.29 is 0 Å². The van der Waals surface area contributed by atoms with Gasteiger partial charge in [0.1, 0.15) is 11.7 Å². The first kappa shape index (κ1) is 16.1. The Labute approximate surface area is 160 Å². The Morgan fingerprint density at radius 3 is 2.62 bits per heavy atom. The van der Waals surface area contributed by atoms with Gasteiger partial charge in [-0.1, -0.05) is 28.1 Å². The molecule has 1 saturated carbocycles. The highest BCUT2D eigenvalue weighted by atomic mass is 79.9. The average molecular weight is 408 g/mol. The van der Waals surface area contributed by atoms with Gasteiger partial charge >= 0.3 is 0 Å². The van der Waals surface area contributed by atoms with Gasteiger partial charge in [0.25, 0.3) is 0 Å². The zero-order valence-corrected chi connectivity index (χ0v) is 15.6. The third-order valence-electron chi connectivity index (χ3n) is 5.22. The number of rotatable bonds is 3. The summed E-state index contributed by atoms with van der Waals surface area (Å²) in [6.45, 7) is 0. The summed E-state index contributed by atoms with van der Waals surface area (Å²) in [5, 5.41) is 3.58. The minimum Gasteiger partial charge on any atom is -0.311 e. The first-order chi connectivity index (χ1) is 12.7. The Balaban J connectivity index is 1.79. The van der Waals surface area contributed by atoms with E-state index in [4.69, 9.17) is 10.7 Å². The second-order valence-corrected chi connectivity index (χ2v) is 7.83. The fourth-order valence-corrected chi connectivity index (χ4v) is 4.25. The van der Waals surface area contributed by atoms with Crippen LogP contribution in [-0.2, 0) is 5.54 Å². The molecule has 0 radical (unpaired) electrons. The summed E-state index contributed by atoms with van der Waals surface area (Å²) in [6.07, 6.45) is 7.36. The molecule has 26 heavy (non-hydrogen) atoms. The minimum absolute atomic E-state index is 0.379. The van der Waals surface area contributed by atoms with Crippen LogP contribution in [0.1, 0.15) is 53.1 Å². The molecule has 2 atom stereocenters. The molecule has 2 aromatic heterocycles. The molecule has 0 spiro atoms. The van der Waals surface area contributed by atoms with Crippen molar-refractivity contribution in [2.24, 2.45) is 5.73 Å². The summed E-state index contributed by atoms with van der Waals surface area (Å²) < 4.78 is 1.01. The Kier molecular flexibility index (Phi) is 3.67. The number of aromatic nitrogens is 3. The van der Waals surface area contributed by atoms with Crippen molar-refractivity contribution >= 4 is 15.9 Å². The van der Waals surface area contributed by atoms with E-state index in [9.17, 15) is 0 Å². The van der Waals surface area contributed by atoms with Crippen LogP contribution in [0.2, 0.25) is 0 Å². The molecule has 2 aliphatic rings. The van der Waals surface area contributed by atoms with Crippen LogP contribution in [0.5, 0.6) is 0 Å². The quantitative estimate of drug-likeness (QED) is 0.695. The normalized spacial score (nSPS) is 24.5. The number of hydrogen-bond donors (Lipinski definition) is 2. The van der Waals surface area contributed by atoms with Gasteiger partial charge in [0.05, 0.1) is 11.4 Å². The third-order valence-corrected chi connectivity index (χ3v) is 5.71. The summed E-state index contributed by atoms with van der Waals surface area (Å²) in [5.74, 6) is 0.575. The molecule has 0 saturated heterocycles. The number of halogens is 1. The molecule has 2 unspecified atom stereocenters. The molecule has 130 valence electrons. The van der Waals surface area contributed by atoms with Crippen molar-refractivity contribution in [3.05, 3.63) is 87.7 Å². The Bertz CT molecular complexity index is 987. The van der Waals surface area contributed by atoms with Crippen molar-refractivity contribution in [3.8, 4) is 0 Å². The lowest BCUT2D eigenvalue weighted by molar-refractivity contribution is 0.448. The highest BCUT2D eigenvalue weighted by Gasteiger charge is 2.47. The van der Waals surface area contributed by atoms with E-state index < -0.39 is 5.54 Å². The molecule has 0 amide bonds. The number of nitrogens with one attached hydrogen (secondary N) is 1. The molecule has 6 heteroatoms. The van der Waals surface area contributed by atoms with Crippen LogP contribution in [0.3, 0.4) is 0 Å². The van der Waals surface area contributed by atoms with Crippen LogP contribution in [0, 0.1) is 0 Å². The topological polar surface area (TPSA) is 76.7 Å². The first-order valence-electron chi connectivity index (χ1n) is 8.75. The predicted molar refractivity (Wildman–Crippen MR) is 102 cm³/mol. The zero-order valence-electron chi connectivity index (χ0n) is 14.1. The molecule has 1 aliphatic heterocycles. The number of nitrogens with zero attached hydrogens (tertiary/aromatic N) is 3. The van der Waals surface area contributed by atoms with Crippen molar-refractivity contribution in [1.82, 2.24) is 20.3 Å². The highest BCUT2D eigenvalue weighted by molar-refractivity contribution is 9.10. The fourth-order valence-electron chi connectivity index (χ4n) is 3.85. The van der Waals surface area contributed by atoms with Gasteiger partial charge < -0.3 is 5.73 Å². The van der Waals surface area contributed by atoms with Crippen LogP contribution in [0.4, 0.5) is 0 Å². The molecule has 5 rings (SSSR count). The summed E-state index contributed by atoms with van der Waals surface area (Å²) in [7, 11) is 0. The molecule has 1 aliphatic carbocycles. The lowest BCUT2D eigenvalue weighted by Crippen LogP contribution is -2.43. The molecular formula is C20H18BrN5.